The number of nitrogens with one attached hydrogen (secondary N) is 1. The number of benzene rings is 2. The second kappa shape index (κ2) is 8.06. The molecule has 1 N–H and O–H groups in total. The van der Waals surface area contributed by atoms with Gasteiger partial charge in [-0.15, -0.1) is 0 Å². The van der Waals surface area contributed by atoms with Crippen LogP contribution in [0.3, 0.4) is 0 Å². The number of carbonyl (C=O) groups excluding carboxylic acids is 1. The molecule has 8 heteroatoms. The molecule has 29 heavy (non-hydrogen) atoms. The van der Waals surface area contributed by atoms with Crippen LogP contribution < -0.4 is 10.1 Å². The van der Waals surface area contributed by atoms with Crippen LogP contribution in [0.25, 0.3) is 0 Å². The van der Waals surface area contributed by atoms with Crippen LogP contribution in [0.1, 0.15) is 33.4 Å². The topological polar surface area (TPSA) is 65.4 Å². The highest BCUT2D eigenvalue weighted by atomic mass is 35.5. The van der Waals surface area contributed by atoms with Gasteiger partial charge < -0.3 is 14.8 Å². The van der Waals surface area contributed by atoms with Crippen molar-refractivity contribution in [3.63, 3.8) is 0 Å². The first kappa shape index (κ1) is 19.8. The van der Waals surface area contributed by atoms with Crippen molar-refractivity contribution >= 4 is 34.8 Å². The van der Waals surface area contributed by atoms with Crippen LogP contribution in [0.15, 0.2) is 42.5 Å². The van der Waals surface area contributed by atoms with Gasteiger partial charge in [0.1, 0.15) is 11.9 Å². The standard InChI is InChI=1S/C21H19Cl2N3O3/c1-12-7-17(19(28-2)9-16(12)23)24-21(27)18-8-15-11-29-20(10-26(15)25-18)13-3-5-14(22)6-4-13/h3-9,20H,10-11H2,1-2H3,(H,24,27)/t20-/m0/s1. The van der Waals surface area contributed by atoms with Crippen LogP contribution in [-0.2, 0) is 17.9 Å². The largest absolute Gasteiger partial charge is 0.495 e. The molecule has 0 saturated heterocycles. The number of nitrogens with zero attached hydrogens (tertiary/aromatic N) is 2. The number of aromatic nitrogens is 2. The Kier molecular flexibility index (Phi) is 5.50. The summed E-state index contributed by atoms with van der Waals surface area (Å²) >= 11 is 12.1. The first-order valence-electron chi connectivity index (χ1n) is 9.04. The second-order valence-corrected chi connectivity index (χ2v) is 7.65. The molecule has 0 fully saturated rings. The highest BCUT2D eigenvalue weighted by molar-refractivity contribution is 6.31. The number of carbonyl (C=O) groups is 1. The monoisotopic (exact) mass is 431 g/mol. The molecule has 2 aromatic carbocycles. The van der Waals surface area contributed by atoms with E-state index in [0.29, 0.717) is 40.3 Å². The zero-order chi connectivity index (χ0) is 20.5. The molecule has 0 bridgehead atoms. The number of methoxy groups -OCH3 is 1. The summed E-state index contributed by atoms with van der Waals surface area (Å²) in [7, 11) is 1.53. The van der Waals surface area contributed by atoms with Crippen molar-refractivity contribution < 1.29 is 14.3 Å². The van der Waals surface area contributed by atoms with E-state index in [1.165, 1.54) is 7.11 Å². The molecule has 0 saturated carbocycles. The van der Waals surface area contributed by atoms with E-state index >= 15 is 0 Å². The minimum atomic E-state index is -0.324. The summed E-state index contributed by atoms with van der Waals surface area (Å²) in [6, 6.07) is 12.7. The maximum atomic E-state index is 12.8. The molecule has 1 aromatic heterocycles. The Balaban J connectivity index is 1.53. The number of ether oxygens (including phenoxy) is 2. The summed E-state index contributed by atoms with van der Waals surface area (Å²) in [6.07, 6.45) is -0.144. The molecule has 1 aliphatic rings. The third-order valence-electron chi connectivity index (χ3n) is 4.84. The van der Waals surface area contributed by atoms with Crippen molar-refractivity contribution in [2.24, 2.45) is 0 Å². The Labute approximate surface area is 178 Å². The lowest BCUT2D eigenvalue weighted by Crippen LogP contribution is -2.22. The lowest BCUT2D eigenvalue weighted by atomic mass is 10.1. The number of anilines is 1. The fourth-order valence-electron chi connectivity index (χ4n) is 3.23. The number of hydrogen-bond donors (Lipinski definition) is 1. The SMILES string of the molecule is COc1cc(Cl)c(C)cc1NC(=O)c1cc2n(n1)C[C@@H](c1ccc(Cl)cc1)OC2. The quantitative estimate of drug-likeness (QED) is 0.628. The van der Waals surface area contributed by atoms with Crippen LogP contribution in [0.2, 0.25) is 10.0 Å². The highest BCUT2D eigenvalue weighted by Crippen LogP contribution is 2.32. The number of fused-ring (bicyclic) bond motifs is 1. The normalized spacial score (nSPS) is 15.7. The highest BCUT2D eigenvalue weighted by Gasteiger charge is 2.24. The first-order valence-corrected chi connectivity index (χ1v) is 9.79. The third kappa shape index (κ3) is 4.10. The predicted octanol–water partition coefficient (Wildman–Crippen LogP) is 5.03. The Morgan fingerprint density at radius 3 is 2.72 bits per heavy atom. The van der Waals surface area contributed by atoms with Crippen molar-refractivity contribution in [2.75, 3.05) is 12.4 Å². The van der Waals surface area contributed by atoms with Gasteiger partial charge in [-0.05, 0) is 42.3 Å². The predicted molar refractivity (Wildman–Crippen MR) is 112 cm³/mol. The summed E-state index contributed by atoms with van der Waals surface area (Å²) in [4.78, 5) is 12.8. The van der Waals surface area contributed by atoms with Gasteiger partial charge in [-0.3, -0.25) is 9.48 Å². The molecule has 0 spiro atoms. The van der Waals surface area contributed by atoms with Gasteiger partial charge in [0.2, 0.25) is 0 Å². The molecule has 1 amide bonds. The van der Waals surface area contributed by atoms with Crippen molar-refractivity contribution in [2.45, 2.75) is 26.2 Å². The molecule has 0 aliphatic carbocycles. The Morgan fingerprint density at radius 2 is 2.00 bits per heavy atom. The van der Waals surface area contributed by atoms with Gasteiger partial charge in [0.15, 0.2) is 5.69 Å². The molecular formula is C21H19Cl2N3O3. The molecule has 1 atom stereocenters. The Hall–Kier alpha value is -2.54. The number of hydrogen-bond acceptors (Lipinski definition) is 4. The van der Waals surface area contributed by atoms with E-state index in [9.17, 15) is 4.79 Å². The van der Waals surface area contributed by atoms with Crippen molar-refractivity contribution in [3.8, 4) is 5.75 Å². The van der Waals surface area contributed by atoms with Gasteiger partial charge in [-0.2, -0.15) is 5.10 Å². The maximum absolute atomic E-state index is 12.8. The number of amides is 1. The maximum Gasteiger partial charge on any atom is 0.276 e. The molecule has 6 nitrogen and oxygen atoms in total. The second-order valence-electron chi connectivity index (χ2n) is 6.81. The summed E-state index contributed by atoms with van der Waals surface area (Å²) in [5, 5.41) is 8.57. The molecule has 4 rings (SSSR count). The molecule has 3 aromatic rings. The zero-order valence-electron chi connectivity index (χ0n) is 15.9. The van der Waals surface area contributed by atoms with Crippen LogP contribution in [0, 0.1) is 6.92 Å². The molecule has 150 valence electrons. The van der Waals surface area contributed by atoms with Crippen molar-refractivity contribution in [1.82, 2.24) is 9.78 Å². The average molecular weight is 432 g/mol. The van der Waals surface area contributed by atoms with Crippen LogP contribution in [-0.4, -0.2) is 22.8 Å². The summed E-state index contributed by atoms with van der Waals surface area (Å²) in [5.74, 6) is 0.166. The summed E-state index contributed by atoms with van der Waals surface area (Å²) < 4.78 is 13.1. The van der Waals surface area contributed by atoms with E-state index in [2.05, 4.69) is 10.4 Å². The smallest absolute Gasteiger partial charge is 0.276 e. The van der Waals surface area contributed by atoms with Gasteiger partial charge >= 0.3 is 0 Å². The van der Waals surface area contributed by atoms with Gasteiger partial charge in [0.25, 0.3) is 5.91 Å². The van der Waals surface area contributed by atoms with Crippen LogP contribution in [0.5, 0.6) is 5.75 Å². The van der Waals surface area contributed by atoms with E-state index in [0.717, 1.165) is 16.8 Å². The summed E-state index contributed by atoms with van der Waals surface area (Å²) in [6.45, 7) is 2.76. The van der Waals surface area contributed by atoms with Gasteiger partial charge in [-0.25, -0.2) is 0 Å². The van der Waals surface area contributed by atoms with E-state index in [1.54, 1.807) is 18.2 Å². The minimum Gasteiger partial charge on any atom is -0.495 e. The number of rotatable bonds is 4. The van der Waals surface area contributed by atoms with Gasteiger partial charge in [0.05, 0.1) is 31.6 Å². The number of aryl methyl sites for hydroxylation is 1. The van der Waals surface area contributed by atoms with E-state index in [1.807, 2.05) is 35.9 Å². The number of halogens is 2. The van der Waals surface area contributed by atoms with Crippen LogP contribution >= 0.6 is 23.2 Å². The van der Waals surface area contributed by atoms with E-state index < -0.39 is 0 Å². The van der Waals surface area contributed by atoms with E-state index in [-0.39, 0.29) is 12.0 Å². The first-order chi connectivity index (χ1) is 13.9. The molecular weight excluding hydrogens is 413 g/mol. The lowest BCUT2D eigenvalue weighted by Gasteiger charge is -2.24. The lowest BCUT2D eigenvalue weighted by molar-refractivity contribution is -0.00118. The Morgan fingerprint density at radius 1 is 1.24 bits per heavy atom. The average Bonchev–Trinajstić information content (AvgIpc) is 3.14. The third-order valence-corrected chi connectivity index (χ3v) is 5.50. The molecule has 2 heterocycles. The Bertz CT molecular complexity index is 1060. The fourth-order valence-corrected chi connectivity index (χ4v) is 3.51. The molecule has 0 radical (unpaired) electrons. The van der Waals surface area contributed by atoms with Gasteiger partial charge in [-0.1, -0.05) is 35.3 Å². The molecule has 0 unspecified atom stereocenters. The minimum absolute atomic E-state index is 0.144. The molecule has 1 aliphatic heterocycles. The van der Waals surface area contributed by atoms with Gasteiger partial charge in [0, 0.05) is 16.1 Å². The fraction of sp³-hybridized carbons (Fsp3) is 0.238. The summed E-state index contributed by atoms with van der Waals surface area (Å²) in [5.41, 5.74) is 3.56. The zero-order valence-corrected chi connectivity index (χ0v) is 17.4. The van der Waals surface area contributed by atoms with Crippen molar-refractivity contribution in [1.29, 1.82) is 0 Å². The van der Waals surface area contributed by atoms with Crippen molar-refractivity contribution in [3.05, 3.63) is 75.0 Å². The van der Waals surface area contributed by atoms with E-state index in [4.69, 9.17) is 32.7 Å². The van der Waals surface area contributed by atoms with Crippen LogP contribution in [0.4, 0.5) is 5.69 Å².